The Kier molecular flexibility index (Phi) is 4.15. The molecule has 0 radical (unpaired) electrons. The molecule has 22 heavy (non-hydrogen) atoms. The molecule has 0 aliphatic heterocycles. The van der Waals surface area contributed by atoms with Gasteiger partial charge < -0.3 is 10.6 Å². The fraction of sp³-hybridized carbons (Fsp3) is 0.0667. The normalized spacial score (nSPS) is 10.4. The second kappa shape index (κ2) is 6.40. The molecule has 2 aromatic heterocycles. The summed E-state index contributed by atoms with van der Waals surface area (Å²) < 4.78 is 0. The molecule has 0 unspecified atom stereocenters. The molecular weight excluding hydrogens is 298 g/mol. The van der Waals surface area contributed by atoms with Crippen LogP contribution < -0.4 is 10.6 Å². The lowest BCUT2D eigenvalue weighted by molar-refractivity contribution is -0.113. The van der Waals surface area contributed by atoms with Crippen LogP contribution in [0, 0.1) is 0 Å². The zero-order valence-electron chi connectivity index (χ0n) is 11.5. The highest BCUT2D eigenvalue weighted by Crippen LogP contribution is 2.17. The van der Waals surface area contributed by atoms with Gasteiger partial charge in [-0.15, -0.1) is 0 Å². The van der Waals surface area contributed by atoms with Gasteiger partial charge >= 0.3 is 0 Å². The molecular formula is C15H13N5OS. The van der Waals surface area contributed by atoms with Crippen LogP contribution >= 0.6 is 12.6 Å². The number of amides is 1. The molecule has 0 saturated carbocycles. The Bertz CT molecular complexity index is 806. The van der Waals surface area contributed by atoms with Crippen molar-refractivity contribution in [3.05, 3.63) is 48.8 Å². The predicted octanol–water partition coefficient (Wildman–Crippen LogP) is 2.64. The van der Waals surface area contributed by atoms with Crippen LogP contribution in [0.15, 0.2) is 48.8 Å². The molecule has 0 bridgehead atoms. The van der Waals surface area contributed by atoms with Gasteiger partial charge in [0.15, 0.2) is 0 Å². The third kappa shape index (κ3) is 3.32. The molecule has 1 aromatic carbocycles. The van der Waals surface area contributed by atoms with Crippen molar-refractivity contribution >= 4 is 46.9 Å². The Balaban J connectivity index is 1.75. The van der Waals surface area contributed by atoms with Crippen LogP contribution in [0.25, 0.3) is 10.9 Å². The number of benzene rings is 1. The fourth-order valence-corrected chi connectivity index (χ4v) is 1.99. The Hall–Kier alpha value is -2.67. The van der Waals surface area contributed by atoms with Crippen LogP contribution in [0.2, 0.25) is 0 Å². The van der Waals surface area contributed by atoms with E-state index >= 15 is 0 Å². The number of hydrogen-bond donors (Lipinski definition) is 3. The maximum Gasteiger partial charge on any atom is 0.234 e. The summed E-state index contributed by atoms with van der Waals surface area (Å²) in [6.45, 7) is 0. The van der Waals surface area contributed by atoms with E-state index in [0.717, 1.165) is 10.9 Å². The average molecular weight is 311 g/mol. The zero-order valence-corrected chi connectivity index (χ0v) is 12.4. The zero-order chi connectivity index (χ0) is 15.4. The maximum absolute atomic E-state index is 11.2. The van der Waals surface area contributed by atoms with Crippen molar-refractivity contribution in [2.24, 2.45) is 0 Å². The number of nitrogens with one attached hydrogen (secondary N) is 2. The van der Waals surface area contributed by atoms with E-state index in [9.17, 15) is 4.79 Å². The highest BCUT2D eigenvalue weighted by atomic mass is 32.1. The van der Waals surface area contributed by atoms with E-state index in [1.54, 1.807) is 0 Å². The van der Waals surface area contributed by atoms with E-state index in [2.05, 4.69) is 38.2 Å². The number of fused-ring (bicyclic) bond motifs is 1. The van der Waals surface area contributed by atoms with E-state index in [1.807, 2.05) is 36.4 Å². The lowest BCUT2D eigenvalue weighted by Crippen LogP contribution is -2.13. The number of anilines is 3. The third-order valence-electron chi connectivity index (χ3n) is 2.92. The smallest absolute Gasteiger partial charge is 0.234 e. The molecule has 110 valence electrons. The minimum absolute atomic E-state index is 0.112. The fourth-order valence-electron chi connectivity index (χ4n) is 1.91. The van der Waals surface area contributed by atoms with Crippen molar-refractivity contribution in [2.45, 2.75) is 0 Å². The first-order valence-electron chi connectivity index (χ1n) is 6.60. The van der Waals surface area contributed by atoms with E-state index in [1.165, 1.54) is 12.4 Å². The summed E-state index contributed by atoms with van der Waals surface area (Å²) in [5.74, 6) is 0.974. The molecule has 0 atom stereocenters. The van der Waals surface area contributed by atoms with Crippen LogP contribution in [0.5, 0.6) is 0 Å². The number of pyridine rings is 1. The summed E-state index contributed by atoms with van der Waals surface area (Å²) in [4.78, 5) is 24.0. The van der Waals surface area contributed by atoms with Gasteiger partial charge in [0.05, 0.1) is 29.4 Å². The molecule has 2 heterocycles. The molecule has 2 N–H and O–H groups in total. The maximum atomic E-state index is 11.2. The standard InChI is InChI=1S/C15H13N5OS/c21-14(9-22)18-11-7-16-15(17-8-11)20-13-6-5-10-3-1-2-4-12(10)19-13/h1-8,22H,9H2,(H,18,21)(H,16,17,19,20). The van der Waals surface area contributed by atoms with Crippen molar-refractivity contribution in [3.8, 4) is 0 Å². The van der Waals surface area contributed by atoms with Gasteiger partial charge in [-0.25, -0.2) is 15.0 Å². The lowest BCUT2D eigenvalue weighted by atomic mass is 10.2. The van der Waals surface area contributed by atoms with Crippen molar-refractivity contribution in [1.29, 1.82) is 0 Å². The van der Waals surface area contributed by atoms with Gasteiger partial charge in [0.2, 0.25) is 11.9 Å². The number of para-hydroxylation sites is 1. The molecule has 0 spiro atoms. The Morgan fingerprint density at radius 2 is 1.86 bits per heavy atom. The molecule has 0 aliphatic rings. The molecule has 0 fully saturated rings. The summed E-state index contributed by atoms with van der Waals surface area (Å²) in [5.41, 5.74) is 1.42. The van der Waals surface area contributed by atoms with Gasteiger partial charge in [0.25, 0.3) is 0 Å². The van der Waals surface area contributed by atoms with Crippen LogP contribution in [0.4, 0.5) is 17.5 Å². The van der Waals surface area contributed by atoms with Gasteiger partial charge in [-0.3, -0.25) is 4.79 Å². The van der Waals surface area contributed by atoms with Gasteiger partial charge in [0, 0.05) is 5.39 Å². The van der Waals surface area contributed by atoms with E-state index in [0.29, 0.717) is 17.5 Å². The number of rotatable bonds is 4. The Morgan fingerprint density at radius 1 is 1.09 bits per heavy atom. The summed E-state index contributed by atoms with van der Waals surface area (Å²) in [6.07, 6.45) is 3.05. The number of nitrogens with zero attached hydrogens (tertiary/aromatic N) is 3. The van der Waals surface area contributed by atoms with Crippen molar-refractivity contribution in [2.75, 3.05) is 16.4 Å². The average Bonchev–Trinajstić information content (AvgIpc) is 2.56. The molecule has 3 rings (SSSR count). The molecule has 6 nitrogen and oxygen atoms in total. The molecule has 7 heteroatoms. The first kappa shape index (κ1) is 14.3. The Morgan fingerprint density at radius 3 is 2.64 bits per heavy atom. The highest BCUT2D eigenvalue weighted by molar-refractivity contribution is 7.81. The second-order valence-corrected chi connectivity index (χ2v) is 4.83. The molecule has 3 aromatic rings. The van der Waals surface area contributed by atoms with Crippen LogP contribution in [-0.4, -0.2) is 26.6 Å². The summed E-state index contributed by atoms with van der Waals surface area (Å²) >= 11 is 3.89. The number of hydrogen-bond acceptors (Lipinski definition) is 6. The summed E-state index contributed by atoms with van der Waals surface area (Å²) in [7, 11) is 0. The number of carbonyl (C=O) groups excluding carboxylic acids is 1. The van der Waals surface area contributed by atoms with Gasteiger partial charge in [-0.05, 0) is 18.2 Å². The number of thiol groups is 1. The van der Waals surface area contributed by atoms with Gasteiger partial charge in [-0.1, -0.05) is 18.2 Å². The molecule has 0 saturated heterocycles. The van der Waals surface area contributed by atoms with Gasteiger partial charge in [-0.2, -0.15) is 12.6 Å². The van der Waals surface area contributed by atoms with Crippen molar-refractivity contribution < 1.29 is 4.79 Å². The first-order chi connectivity index (χ1) is 10.7. The predicted molar refractivity (Wildman–Crippen MR) is 89.5 cm³/mol. The van der Waals surface area contributed by atoms with Gasteiger partial charge in [0.1, 0.15) is 5.82 Å². The summed E-state index contributed by atoms with van der Waals surface area (Å²) in [6, 6.07) is 11.7. The first-order valence-corrected chi connectivity index (χ1v) is 7.23. The van der Waals surface area contributed by atoms with E-state index in [-0.39, 0.29) is 11.7 Å². The molecule has 1 amide bonds. The minimum Gasteiger partial charge on any atom is -0.323 e. The van der Waals surface area contributed by atoms with Crippen LogP contribution in [-0.2, 0) is 4.79 Å². The second-order valence-electron chi connectivity index (χ2n) is 4.52. The Labute approximate surface area is 132 Å². The van der Waals surface area contributed by atoms with E-state index < -0.39 is 0 Å². The topological polar surface area (TPSA) is 79.8 Å². The van der Waals surface area contributed by atoms with E-state index in [4.69, 9.17) is 0 Å². The SMILES string of the molecule is O=C(CS)Nc1cnc(Nc2ccc3ccccc3n2)nc1. The molecule has 0 aliphatic carbocycles. The summed E-state index contributed by atoms with van der Waals surface area (Å²) in [5, 5.41) is 6.72. The lowest BCUT2D eigenvalue weighted by Gasteiger charge is -2.06. The monoisotopic (exact) mass is 311 g/mol. The third-order valence-corrected chi connectivity index (χ3v) is 3.20. The largest absolute Gasteiger partial charge is 0.323 e. The quantitative estimate of drug-likeness (QED) is 0.646. The number of aromatic nitrogens is 3. The number of carbonyl (C=O) groups is 1. The minimum atomic E-state index is -0.205. The van der Waals surface area contributed by atoms with Crippen molar-refractivity contribution in [1.82, 2.24) is 15.0 Å². The highest BCUT2D eigenvalue weighted by Gasteiger charge is 2.03. The van der Waals surface area contributed by atoms with Crippen LogP contribution in [0.3, 0.4) is 0 Å². The van der Waals surface area contributed by atoms with Crippen LogP contribution in [0.1, 0.15) is 0 Å². The van der Waals surface area contributed by atoms with Crippen molar-refractivity contribution in [3.63, 3.8) is 0 Å².